The van der Waals surface area contributed by atoms with Crippen LogP contribution in [0.4, 0.5) is 26.3 Å². The van der Waals surface area contributed by atoms with E-state index in [-0.39, 0.29) is 0 Å². The van der Waals surface area contributed by atoms with Crippen molar-refractivity contribution in [3.63, 3.8) is 0 Å². The molecule has 122 valence electrons. The Bertz CT molecular complexity index is 644. The topological polar surface area (TPSA) is 39.8 Å². The van der Waals surface area contributed by atoms with E-state index in [9.17, 15) is 36.6 Å². The first-order valence-corrected chi connectivity index (χ1v) is 6.20. The van der Waals surface area contributed by atoms with Gasteiger partial charge in [-0.05, 0) is 12.1 Å². The van der Waals surface area contributed by atoms with Gasteiger partial charge >= 0.3 is 12.4 Å². The summed E-state index contributed by atoms with van der Waals surface area (Å²) < 4.78 is 81.6. The number of rotatable bonds is 2. The standard InChI is InChI=1S/C15H8F6O2/c16-14(17,18)13(15(19,20)21,9-5-1-3-7-11(9)22)10-6-2-4-8-12(10)23/h1-8H. The van der Waals surface area contributed by atoms with Crippen LogP contribution in [0.2, 0.25) is 0 Å². The van der Waals surface area contributed by atoms with Gasteiger partial charge in [0.05, 0.1) is 0 Å². The molecule has 0 aliphatic rings. The van der Waals surface area contributed by atoms with Crippen LogP contribution in [0.15, 0.2) is 48.5 Å². The Kier molecular flexibility index (Phi) is 3.96. The fourth-order valence-electron chi connectivity index (χ4n) is 2.47. The fraction of sp³-hybridized carbons (Fsp3) is 0.200. The highest BCUT2D eigenvalue weighted by Gasteiger charge is 2.74. The lowest BCUT2D eigenvalue weighted by molar-refractivity contribution is -0.289. The third-order valence-electron chi connectivity index (χ3n) is 3.43. The molecular formula is C15H8F6O2. The van der Waals surface area contributed by atoms with E-state index in [4.69, 9.17) is 0 Å². The van der Waals surface area contributed by atoms with Gasteiger partial charge in [0.25, 0.3) is 0 Å². The van der Waals surface area contributed by atoms with Crippen LogP contribution in [0.5, 0.6) is 11.5 Å². The van der Waals surface area contributed by atoms with Crippen molar-refractivity contribution in [2.24, 2.45) is 0 Å². The number of hydrogen-bond donors (Lipinski definition) is 0. The van der Waals surface area contributed by atoms with Gasteiger partial charge in [-0.2, -0.15) is 26.3 Å². The second kappa shape index (κ2) is 5.36. The molecule has 0 amide bonds. The van der Waals surface area contributed by atoms with Crippen LogP contribution >= 0.6 is 0 Å². The van der Waals surface area contributed by atoms with Crippen molar-refractivity contribution < 1.29 is 36.6 Å². The van der Waals surface area contributed by atoms with Crippen LogP contribution in [0.25, 0.3) is 0 Å². The molecule has 0 heterocycles. The van der Waals surface area contributed by atoms with E-state index >= 15 is 0 Å². The SMILES string of the molecule is [O]c1ccccc1C(c1ccccc1[O])(C(F)(F)F)C(F)(F)F. The Balaban J connectivity index is 3.01. The minimum atomic E-state index is -5.94. The van der Waals surface area contributed by atoms with Gasteiger partial charge in [-0.3, -0.25) is 10.2 Å². The van der Waals surface area contributed by atoms with Gasteiger partial charge in [0, 0.05) is 11.1 Å². The van der Waals surface area contributed by atoms with Crippen molar-refractivity contribution in [1.82, 2.24) is 0 Å². The van der Waals surface area contributed by atoms with Crippen LogP contribution in [-0.2, 0) is 15.6 Å². The summed E-state index contributed by atoms with van der Waals surface area (Å²) in [5.74, 6) is -2.91. The minimum Gasteiger partial charge on any atom is -0.290 e. The normalized spacial score (nSPS) is 13.1. The van der Waals surface area contributed by atoms with E-state index in [2.05, 4.69) is 0 Å². The maximum absolute atomic E-state index is 13.6. The quantitative estimate of drug-likeness (QED) is 0.661. The second-order valence-electron chi connectivity index (χ2n) is 4.74. The third kappa shape index (κ3) is 2.47. The Morgan fingerprint density at radius 3 is 1.13 bits per heavy atom. The molecule has 2 aromatic carbocycles. The number of halogens is 6. The third-order valence-corrected chi connectivity index (χ3v) is 3.43. The number of hydrogen-bond acceptors (Lipinski definition) is 0. The summed E-state index contributed by atoms with van der Waals surface area (Å²) in [6, 6.07) is 5.88. The summed E-state index contributed by atoms with van der Waals surface area (Å²) in [7, 11) is 0. The van der Waals surface area contributed by atoms with E-state index in [0.29, 0.717) is 24.3 Å². The van der Waals surface area contributed by atoms with Gasteiger partial charge in [-0.15, -0.1) is 0 Å². The first-order valence-electron chi connectivity index (χ1n) is 6.20. The van der Waals surface area contributed by atoms with Gasteiger partial charge in [-0.25, -0.2) is 0 Å². The smallest absolute Gasteiger partial charge is 0.290 e. The van der Waals surface area contributed by atoms with E-state index < -0.39 is 40.4 Å². The van der Waals surface area contributed by atoms with Crippen molar-refractivity contribution in [1.29, 1.82) is 0 Å². The number of benzene rings is 2. The molecule has 2 rings (SSSR count). The zero-order valence-electron chi connectivity index (χ0n) is 11.2. The van der Waals surface area contributed by atoms with Gasteiger partial charge < -0.3 is 0 Å². The summed E-state index contributed by atoms with van der Waals surface area (Å²) in [6.07, 6.45) is -11.9. The predicted molar refractivity (Wildman–Crippen MR) is 66.0 cm³/mol. The van der Waals surface area contributed by atoms with Crippen LogP contribution in [0, 0.1) is 0 Å². The molecule has 2 nitrogen and oxygen atoms in total. The van der Waals surface area contributed by atoms with Gasteiger partial charge in [0.2, 0.25) is 5.41 Å². The first kappa shape index (κ1) is 17.0. The number of para-hydroxylation sites is 2. The zero-order chi connectivity index (χ0) is 17.5. The molecule has 0 aliphatic carbocycles. The predicted octanol–water partition coefficient (Wildman–Crippen LogP) is 5.38. The van der Waals surface area contributed by atoms with Crippen LogP contribution in [-0.4, -0.2) is 12.4 Å². The van der Waals surface area contributed by atoms with E-state index in [1.165, 1.54) is 0 Å². The Morgan fingerprint density at radius 2 is 0.870 bits per heavy atom. The molecule has 23 heavy (non-hydrogen) atoms. The van der Waals surface area contributed by atoms with E-state index in [1.807, 2.05) is 0 Å². The van der Waals surface area contributed by atoms with Crippen molar-refractivity contribution in [3.05, 3.63) is 59.7 Å². The van der Waals surface area contributed by atoms with Crippen molar-refractivity contribution in [2.45, 2.75) is 17.8 Å². The molecule has 0 aliphatic heterocycles. The van der Waals surface area contributed by atoms with Crippen molar-refractivity contribution >= 4 is 0 Å². The molecule has 8 heteroatoms. The molecular weight excluding hydrogens is 326 g/mol. The molecule has 0 aromatic heterocycles. The van der Waals surface area contributed by atoms with E-state index in [1.54, 1.807) is 0 Å². The molecule has 0 atom stereocenters. The molecule has 0 spiro atoms. The molecule has 2 radical (unpaired) electrons. The highest BCUT2D eigenvalue weighted by molar-refractivity contribution is 5.54. The maximum Gasteiger partial charge on any atom is 0.411 e. The lowest BCUT2D eigenvalue weighted by atomic mass is 9.72. The van der Waals surface area contributed by atoms with Crippen molar-refractivity contribution in [2.75, 3.05) is 0 Å². The monoisotopic (exact) mass is 334 g/mol. The molecule has 0 N–H and O–H groups in total. The Hall–Kier alpha value is -2.38. The average Bonchev–Trinajstić information content (AvgIpc) is 2.40. The van der Waals surface area contributed by atoms with Gasteiger partial charge in [0.1, 0.15) is 0 Å². The van der Waals surface area contributed by atoms with Crippen LogP contribution in [0.3, 0.4) is 0 Å². The molecule has 0 saturated carbocycles. The molecule has 0 saturated heterocycles. The number of alkyl halides is 6. The second-order valence-corrected chi connectivity index (χ2v) is 4.74. The molecule has 0 unspecified atom stereocenters. The average molecular weight is 334 g/mol. The van der Waals surface area contributed by atoms with Crippen molar-refractivity contribution in [3.8, 4) is 11.5 Å². The van der Waals surface area contributed by atoms with Gasteiger partial charge in [0.15, 0.2) is 11.5 Å². The largest absolute Gasteiger partial charge is 0.411 e. The summed E-state index contributed by atoms with van der Waals surface area (Å²) in [5, 5.41) is 23.5. The lowest BCUT2D eigenvalue weighted by Gasteiger charge is -2.38. The van der Waals surface area contributed by atoms with Gasteiger partial charge in [-0.1, -0.05) is 36.4 Å². The Morgan fingerprint density at radius 1 is 0.565 bits per heavy atom. The molecule has 0 fully saturated rings. The summed E-state index contributed by atoms with van der Waals surface area (Å²) >= 11 is 0. The fourth-order valence-corrected chi connectivity index (χ4v) is 2.47. The van der Waals surface area contributed by atoms with E-state index in [0.717, 1.165) is 24.3 Å². The van der Waals surface area contributed by atoms with Crippen LogP contribution < -0.4 is 0 Å². The highest BCUT2D eigenvalue weighted by atomic mass is 19.4. The summed E-state index contributed by atoms with van der Waals surface area (Å²) in [6.45, 7) is 0. The summed E-state index contributed by atoms with van der Waals surface area (Å²) in [5.41, 5.74) is -7.79. The molecule has 0 bridgehead atoms. The zero-order valence-corrected chi connectivity index (χ0v) is 11.2. The van der Waals surface area contributed by atoms with Crippen LogP contribution in [0.1, 0.15) is 11.1 Å². The minimum absolute atomic E-state index is 0.440. The Labute approximate surface area is 126 Å². The maximum atomic E-state index is 13.6. The first-order chi connectivity index (χ1) is 10.5. The molecule has 2 aromatic rings. The highest BCUT2D eigenvalue weighted by Crippen LogP contribution is 2.59. The lowest BCUT2D eigenvalue weighted by Crippen LogP contribution is -2.54. The summed E-state index contributed by atoms with van der Waals surface area (Å²) in [4.78, 5) is 0.